The first-order valence-corrected chi connectivity index (χ1v) is 34.2. The Morgan fingerprint density at radius 3 is 1.18 bits per heavy atom. The standard InChI is InChI=1S/C45H47N5O10S.C33H33N5O9.2CH4/c1-6-38(31-10-8-7-9-11-31)61-25-23-39(53)60-24-22-30-12-15-36(16-13-30)49-50-41(29(3)52)43(55)48-35-19-17-34(18-20-35)47-42(54)40(28(2)51)46-27-33-26-32(44(56)58-4)14-21-37(33)45(57)59-5;1-19(40)28(34-18-23-17-22(32(44)46-3)7-14-27(23)33(45)47-4)30(42)35-24-10-12-25(13-11-24)36-31(43)29(20(2)41)38-37-26-8-5-21(6-9-26)15-16-39;;/h7-21,26,38,52H,6,22-25,27H2,1-5H3,(H,47,54)(H,48,55);5-14,17,39,41H,15-16,18H2,1-4H3,(H,35,42)(H,36,43);2*1H4. The summed E-state index contributed by atoms with van der Waals surface area (Å²) < 4.78 is 24.5. The monoisotopic (exact) mass is 1520 g/mol. The van der Waals surface area contributed by atoms with Crippen molar-refractivity contribution in [2.45, 2.75) is 93.5 Å². The van der Waals surface area contributed by atoms with Crippen LogP contribution in [0.4, 0.5) is 34.1 Å². The van der Waals surface area contributed by atoms with E-state index < -0.39 is 70.5 Å². The van der Waals surface area contributed by atoms with E-state index in [1.807, 2.05) is 18.2 Å². The first kappa shape index (κ1) is 89.4. The molecule has 0 aromatic heterocycles. The van der Waals surface area contributed by atoms with Gasteiger partial charge in [0.05, 0.1) is 88.2 Å². The lowest BCUT2D eigenvalue weighted by Crippen LogP contribution is -2.29. The predicted molar refractivity (Wildman–Crippen MR) is 417 cm³/mol. The van der Waals surface area contributed by atoms with Gasteiger partial charge in [0.25, 0.3) is 23.6 Å². The summed E-state index contributed by atoms with van der Waals surface area (Å²) in [5, 5.41) is 55.8. The average molecular weight is 1530 g/mol. The lowest BCUT2D eigenvalue weighted by atomic mass is 10.0. The summed E-state index contributed by atoms with van der Waals surface area (Å²) in [6.45, 7) is 6.66. The van der Waals surface area contributed by atoms with Crippen molar-refractivity contribution in [1.29, 1.82) is 0 Å². The van der Waals surface area contributed by atoms with E-state index in [2.05, 4.69) is 70.8 Å². The highest BCUT2D eigenvalue weighted by atomic mass is 32.2. The van der Waals surface area contributed by atoms with Crippen molar-refractivity contribution in [3.05, 3.63) is 237 Å². The lowest BCUT2D eigenvalue weighted by Gasteiger charge is -2.14. The Labute approximate surface area is 640 Å². The molecule has 110 heavy (non-hydrogen) atoms. The highest BCUT2D eigenvalue weighted by Crippen LogP contribution is 2.32. The van der Waals surface area contributed by atoms with Gasteiger partial charge in [-0.3, -0.25) is 43.5 Å². The van der Waals surface area contributed by atoms with Gasteiger partial charge < -0.3 is 60.3 Å². The molecule has 1 atom stereocenters. The number of azo groups is 2. The Morgan fingerprint density at radius 2 is 0.836 bits per heavy atom. The molecule has 0 saturated carbocycles. The molecule has 0 aliphatic carbocycles. The number of esters is 5. The molecular weight excluding hydrogens is 1440 g/mol. The van der Waals surface area contributed by atoms with Crippen molar-refractivity contribution in [2.24, 2.45) is 30.4 Å². The van der Waals surface area contributed by atoms with Gasteiger partial charge in [0, 0.05) is 60.6 Å². The SMILES string of the molecule is C.C.CCC(SCCC(=O)OCCc1ccc(N=NC(C(=O)Nc2ccc(NC(=O)C(=NCc3cc(C(=O)OC)ccc3C(=O)OC)C(C)=O)cc2)=C(C)O)cc1)c1ccccc1.COC(=O)c1ccc(C(=O)OC)c(CN=C(C(C)=O)C(=O)Nc2ccc(NC(=O)C(N=Nc3ccc(CCO)cc3)=C(C)O)cc2)c1. The van der Waals surface area contributed by atoms with Crippen LogP contribution in [0.3, 0.4) is 0 Å². The number of Topliss-reactive ketones (excluding diaryl/α,β-unsaturated/α-hetero) is 2. The van der Waals surface area contributed by atoms with E-state index in [-0.39, 0.29) is 115 Å². The number of nitrogens with one attached hydrogen (secondary N) is 4. The predicted octanol–water partition coefficient (Wildman–Crippen LogP) is 14.0. The van der Waals surface area contributed by atoms with Gasteiger partial charge >= 0.3 is 29.8 Å². The molecule has 7 rings (SSSR count). The summed E-state index contributed by atoms with van der Waals surface area (Å²) in [6.07, 6.45) is 2.29. The van der Waals surface area contributed by atoms with Crippen LogP contribution in [-0.4, -0.2) is 139 Å². The van der Waals surface area contributed by atoms with Gasteiger partial charge in [0.15, 0.2) is 34.4 Å². The molecule has 7 N–H and O–H groups in total. The van der Waals surface area contributed by atoms with E-state index in [1.165, 1.54) is 133 Å². The molecule has 0 spiro atoms. The summed E-state index contributed by atoms with van der Waals surface area (Å²) >= 11 is 1.75. The van der Waals surface area contributed by atoms with Crippen LogP contribution in [0.2, 0.25) is 0 Å². The van der Waals surface area contributed by atoms with Gasteiger partial charge in [0.1, 0.15) is 11.5 Å². The van der Waals surface area contributed by atoms with Crippen molar-refractivity contribution < 1.29 is 91.7 Å². The largest absolute Gasteiger partial charge is 0.510 e. The number of rotatable bonds is 33. The summed E-state index contributed by atoms with van der Waals surface area (Å²) in [4.78, 5) is 146. The van der Waals surface area contributed by atoms with Gasteiger partial charge in [-0.1, -0.05) is 76.4 Å². The molecule has 29 nitrogen and oxygen atoms in total. The molecule has 0 radical (unpaired) electrons. The molecule has 578 valence electrons. The zero-order valence-electron chi connectivity index (χ0n) is 60.5. The number of carbonyl (C=O) groups is 11. The van der Waals surface area contributed by atoms with E-state index in [4.69, 9.17) is 28.8 Å². The highest BCUT2D eigenvalue weighted by molar-refractivity contribution is 7.99. The summed E-state index contributed by atoms with van der Waals surface area (Å²) in [7, 11) is 4.78. The van der Waals surface area contributed by atoms with Crippen molar-refractivity contribution in [2.75, 3.05) is 68.7 Å². The number of aliphatic hydroxyl groups excluding tert-OH is 3. The fraction of sp³-hybridized carbons (Fsp3) is 0.263. The molecule has 1 unspecified atom stereocenters. The van der Waals surface area contributed by atoms with Crippen molar-refractivity contribution in [1.82, 2.24) is 0 Å². The van der Waals surface area contributed by atoms with E-state index in [1.54, 1.807) is 60.3 Å². The number of carbonyl (C=O) groups excluding carboxylic acids is 11. The quantitative estimate of drug-likeness (QED) is 0.00382. The first-order chi connectivity index (χ1) is 51.8. The summed E-state index contributed by atoms with van der Waals surface area (Å²) in [5.74, 6) is -7.49. The van der Waals surface area contributed by atoms with Crippen LogP contribution in [0.1, 0.15) is 137 Å². The number of ether oxygens (including phenoxy) is 5. The second-order valence-electron chi connectivity index (χ2n) is 23.1. The Bertz CT molecular complexity index is 4610. The Hall–Kier alpha value is -13.0. The molecular formula is C80H88N10O19S. The molecule has 0 saturated heterocycles. The molecule has 0 heterocycles. The number of benzene rings is 7. The number of methoxy groups -OCH3 is 4. The number of aliphatic hydroxyl groups is 3. The van der Waals surface area contributed by atoms with E-state index >= 15 is 0 Å². The number of aliphatic imine (C=N–C) groups is 2. The van der Waals surface area contributed by atoms with Crippen LogP contribution in [0, 0.1) is 0 Å². The lowest BCUT2D eigenvalue weighted by molar-refractivity contribution is -0.143. The number of allylic oxidation sites excluding steroid dienone is 2. The Morgan fingerprint density at radius 1 is 0.464 bits per heavy atom. The second kappa shape index (κ2) is 45.5. The third-order valence-electron chi connectivity index (χ3n) is 15.3. The Balaban J connectivity index is 0.000000471. The third kappa shape index (κ3) is 27.7. The number of thioether (sulfide) groups is 1. The van der Waals surface area contributed by atoms with E-state index in [0.29, 0.717) is 53.0 Å². The number of hydrogen-bond acceptors (Lipinski definition) is 26. The fourth-order valence-electron chi connectivity index (χ4n) is 9.73. The summed E-state index contributed by atoms with van der Waals surface area (Å²) in [6, 6.07) is 44.0. The van der Waals surface area contributed by atoms with Crippen LogP contribution in [0.25, 0.3) is 0 Å². The van der Waals surface area contributed by atoms with Crippen LogP contribution >= 0.6 is 11.8 Å². The average Bonchev–Trinajstić information content (AvgIpc) is 0.832. The van der Waals surface area contributed by atoms with Gasteiger partial charge in [-0.15, -0.1) is 10.2 Å². The molecule has 0 aliphatic rings. The molecule has 4 amide bonds. The van der Waals surface area contributed by atoms with E-state index in [9.17, 15) is 63.0 Å². The topological polar surface area (TPSA) is 417 Å². The van der Waals surface area contributed by atoms with Crippen molar-refractivity contribution in [3.8, 4) is 0 Å². The maximum atomic E-state index is 13.1. The van der Waals surface area contributed by atoms with Crippen LogP contribution in [0.15, 0.2) is 217 Å². The molecule has 0 bridgehead atoms. The minimum Gasteiger partial charge on any atom is -0.510 e. The fourth-order valence-corrected chi connectivity index (χ4v) is 10.9. The molecule has 0 aliphatic heterocycles. The smallest absolute Gasteiger partial charge is 0.338 e. The number of hydrogen-bond donors (Lipinski definition) is 7. The number of nitrogens with zero attached hydrogens (tertiary/aromatic N) is 6. The number of anilines is 4. The molecule has 0 fully saturated rings. The van der Waals surface area contributed by atoms with Crippen LogP contribution < -0.4 is 21.3 Å². The Kier molecular flexibility index (Phi) is 37.0. The van der Waals surface area contributed by atoms with Crippen molar-refractivity contribution >= 4 is 122 Å². The second-order valence-corrected chi connectivity index (χ2v) is 24.4. The van der Waals surface area contributed by atoms with Gasteiger partial charge in [0.2, 0.25) is 0 Å². The van der Waals surface area contributed by atoms with E-state index in [0.717, 1.165) is 31.4 Å². The third-order valence-corrected chi connectivity index (χ3v) is 16.8. The normalized spacial score (nSPS) is 11.8. The van der Waals surface area contributed by atoms with Crippen molar-refractivity contribution in [3.63, 3.8) is 0 Å². The minimum absolute atomic E-state index is 0. The first-order valence-electron chi connectivity index (χ1n) is 33.2. The molecule has 30 heteroatoms. The molecule has 7 aromatic rings. The maximum Gasteiger partial charge on any atom is 0.338 e. The zero-order chi connectivity index (χ0) is 78.8. The van der Waals surface area contributed by atoms with Gasteiger partial charge in [-0.25, -0.2) is 19.2 Å². The number of amides is 4. The summed E-state index contributed by atoms with van der Waals surface area (Å²) in [5.41, 5.74) is 4.38. The van der Waals surface area contributed by atoms with Crippen LogP contribution in [-0.2, 0) is 83.2 Å². The zero-order valence-corrected chi connectivity index (χ0v) is 61.3. The highest BCUT2D eigenvalue weighted by Gasteiger charge is 2.24. The minimum atomic E-state index is -0.837. The van der Waals surface area contributed by atoms with Crippen LogP contribution in [0.5, 0.6) is 0 Å². The number of ketones is 2. The van der Waals surface area contributed by atoms with Gasteiger partial charge in [-0.05, 0) is 164 Å². The van der Waals surface area contributed by atoms with Gasteiger partial charge in [-0.2, -0.15) is 22.0 Å². The maximum absolute atomic E-state index is 13.1. The molecule has 7 aromatic carbocycles.